The van der Waals surface area contributed by atoms with Gasteiger partial charge in [-0.05, 0) is 20.3 Å². The summed E-state index contributed by atoms with van der Waals surface area (Å²) in [5, 5.41) is 8.87. The predicted molar refractivity (Wildman–Crippen MR) is 58.0 cm³/mol. The van der Waals surface area contributed by atoms with Crippen LogP contribution in [0.1, 0.15) is 20.3 Å². The molecule has 0 spiro atoms. The lowest BCUT2D eigenvalue weighted by Crippen LogP contribution is -2.44. The summed E-state index contributed by atoms with van der Waals surface area (Å²) in [6, 6.07) is 0. The second-order valence-corrected chi connectivity index (χ2v) is 4.28. The molecule has 0 saturated heterocycles. The minimum atomic E-state index is -1.05. The Bertz CT molecular complexity index is 557. The molecule has 1 aromatic heterocycles. The zero-order chi connectivity index (χ0) is 13.2. The maximum atomic E-state index is 11.3. The number of rotatable bonds is 4. The van der Waals surface area contributed by atoms with Crippen molar-refractivity contribution < 1.29 is 9.90 Å². The molecular weight excluding hydrogens is 230 g/mol. The van der Waals surface area contributed by atoms with Crippen molar-refractivity contribution in [3.63, 3.8) is 0 Å². The lowest BCUT2D eigenvalue weighted by atomic mass is 9.90. The van der Waals surface area contributed by atoms with E-state index in [1.165, 1.54) is 13.8 Å². The highest BCUT2D eigenvalue weighted by molar-refractivity contribution is 5.73. The molecule has 0 unspecified atom stereocenters. The Kier molecular flexibility index (Phi) is 3.35. The Morgan fingerprint density at radius 1 is 1.24 bits per heavy atom. The molecule has 0 fully saturated rings. The summed E-state index contributed by atoms with van der Waals surface area (Å²) in [5.74, 6) is -1.02. The van der Waals surface area contributed by atoms with E-state index < -0.39 is 28.5 Å². The van der Waals surface area contributed by atoms with E-state index in [1.807, 2.05) is 9.97 Å². The summed E-state index contributed by atoms with van der Waals surface area (Å²) in [6.07, 6.45) is 0.0946. The first-order valence-corrected chi connectivity index (χ1v) is 4.91. The first-order chi connectivity index (χ1) is 7.74. The average Bonchev–Trinajstić information content (AvgIpc) is 2.15. The molecule has 0 aromatic carbocycles. The van der Waals surface area contributed by atoms with Gasteiger partial charge in [0.15, 0.2) is 0 Å². The molecule has 0 aliphatic rings. The molecule has 1 aromatic rings. The van der Waals surface area contributed by atoms with E-state index in [2.05, 4.69) is 0 Å². The topological polar surface area (TPSA) is 125 Å². The number of carbonyl (C=O) groups is 1. The van der Waals surface area contributed by atoms with Crippen molar-refractivity contribution >= 4 is 5.97 Å². The first kappa shape index (κ1) is 12.9. The smallest absolute Gasteiger partial charge is 0.333 e. The normalized spacial score (nSPS) is 11.4. The zero-order valence-corrected chi connectivity index (χ0v) is 9.44. The summed E-state index contributed by atoms with van der Waals surface area (Å²) in [4.78, 5) is 48.0. The van der Waals surface area contributed by atoms with Crippen molar-refractivity contribution in [2.75, 3.05) is 0 Å². The van der Waals surface area contributed by atoms with Crippen LogP contribution >= 0.6 is 0 Å². The number of aliphatic carboxylic acids is 1. The summed E-state index contributed by atoms with van der Waals surface area (Å²) < 4.78 is 0.756. The third kappa shape index (κ3) is 2.92. The van der Waals surface area contributed by atoms with Crippen LogP contribution in [0.3, 0.4) is 0 Å². The summed E-state index contributed by atoms with van der Waals surface area (Å²) >= 11 is 0. The van der Waals surface area contributed by atoms with Gasteiger partial charge in [-0.2, -0.15) is 0 Å². The van der Waals surface area contributed by atoms with Crippen molar-refractivity contribution in [2.45, 2.75) is 26.8 Å². The number of carboxylic acid groups (broad SMARTS) is 1. The van der Waals surface area contributed by atoms with E-state index in [4.69, 9.17) is 5.11 Å². The summed E-state index contributed by atoms with van der Waals surface area (Å²) in [7, 11) is 0. The molecule has 0 radical (unpaired) electrons. The monoisotopic (exact) mass is 243 g/mol. The molecule has 0 aliphatic heterocycles. The number of H-pyrrole nitrogens is 2. The van der Waals surface area contributed by atoms with E-state index in [1.54, 1.807) is 0 Å². The number of hydrogen-bond donors (Lipinski definition) is 3. The molecule has 1 rings (SSSR count). The fourth-order valence-corrected chi connectivity index (χ4v) is 1.15. The van der Waals surface area contributed by atoms with Gasteiger partial charge in [0.05, 0.1) is 5.41 Å². The SMILES string of the molecule is CC(C)(CCn1c(=O)[nH]c(=O)[nH]c1=O)C(=O)O. The molecule has 0 bridgehead atoms. The predicted octanol–water partition coefficient (Wildman–Crippen LogP) is -1.27. The molecule has 17 heavy (non-hydrogen) atoms. The molecule has 1 heterocycles. The van der Waals surface area contributed by atoms with Gasteiger partial charge >= 0.3 is 23.0 Å². The molecule has 3 N–H and O–H groups in total. The molecular formula is C9H13N3O5. The molecule has 94 valence electrons. The minimum absolute atomic E-state index is 0.0791. The third-order valence-electron chi connectivity index (χ3n) is 2.47. The lowest BCUT2D eigenvalue weighted by Gasteiger charge is -2.18. The largest absolute Gasteiger partial charge is 0.481 e. The van der Waals surface area contributed by atoms with Gasteiger partial charge in [0.2, 0.25) is 0 Å². The Hall–Kier alpha value is -2.12. The Morgan fingerprint density at radius 2 is 1.71 bits per heavy atom. The van der Waals surface area contributed by atoms with Crippen LogP contribution in [-0.2, 0) is 11.3 Å². The van der Waals surface area contributed by atoms with E-state index in [9.17, 15) is 19.2 Å². The lowest BCUT2D eigenvalue weighted by molar-refractivity contribution is -0.147. The Morgan fingerprint density at radius 3 is 2.12 bits per heavy atom. The average molecular weight is 243 g/mol. The van der Waals surface area contributed by atoms with E-state index >= 15 is 0 Å². The summed E-state index contributed by atoms with van der Waals surface area (Å²) in [5.41, 5.74) is -3.63. The molecule has 0 saturated carbocycles. The number of aromatic nitrogens is 3. The second-order valence-electron chi connectivity index (χ2n) is 4.28. The van der Waals surface area contributed by atoms with Gasteiger partial charge in [0, 0.05) is 6.54 Å². The molecule has 8 heteroatoms. The van der Waals surface area contributed by atoms with Crippen molar-refractivity contribution in [1.82, 2.24) is 14.5 Å². The number of nitrogens with one attached hydrogen (secondary N) is 2. The van der Waals surface area contributed by atoms with Crippen LogP contribution in [0.15, 0.2) is 14.4 Å². The Balaban J connectivity index is 2.99. The van der Waals surface area contributed by atoms with Gasteiger partial charge in [-0.25, -0.2) is 19.0 Å². The number of hydrogen-bond acceptors (Lipinski definition) is 4. The second kappa shape index (κ2) is 4.40. The van der Waals surface area contributed by atoms with Crippen molar-refractivity contribution in [1.29, 1.82) is 0 Å². The fraction of sp³-hybridized carbons (Fsp3) is 0.556. The molecule has 8 nitrogen and oxygen atoms in total. The van der Waals surface area contributed by atoms with Crippen molar-refractivity contribution in [2.24, 2.45) is 5.41 Å². The van der Waals surface area contributed by atoms with Gasteiger partial charge in [-0.1, -0.05) is 0 Å². The number of carboxylic acids is 1. The van der Waals surface area contributed by atoms with Crippen LogP contribution in [0, 0.1) is 5.41 Å². The number of nitrogens with zero attached hydrogens (tertiary/aromatic N) is 1. The quantitative estimate of drug-likeness (QED) is 0.607. The van der Waals surface area contributed by atoms with Crippen LogP contribution in [0.2, 0.25) is 0 Å². The molecule has 0 amide bonds. The van der Waals surface area contributed by atoms with Crippen molar-refractivity contribution in [3.8, 4) is 0 Å². The van der Waals surface area contributed by atoms with Gasteiger partial charge in [-0.15, -0.1) is 0 Å². The van der Waals surface area contributed by atoms with Gasteiger partial charge < -0.3 is 5.11 Å². The highest BCUT2D eigenvalue weighted by Gasteiger charge is 2.27. The number of aromatic amines is 2. The fourth-order valence-electron chi connectivity index (χ4n) is 1.15. The van der Waals surface area contributed by atoms with Gasteiger partial charge in [0.1, 0.15) is 0 Å². The zero-order valence-electron chi connectivity index (χ0n) is 9.44. The van der Waals surface area contributed by atoms with Crippen LogP contribution in [0.5, 0.6) is 0 Å². The Labute approximate surface area is 94.9 Å². The first-order valence-electron chi connectivity index (χ1n) is 4.91. The van der Waals surface area contributed by atoms with Crippen LogP contribution in [-0.4, -0.2) is 25.6 Å². The molecule has 0 atom stereocenters. The van der Waals surface area contributed by atoms with E-state index in [0.29, 0.717) is 0 Å². The van der Waals surface area contributed by atoms with Gasteiger partial charge in [0.25, 0.3) is 0 Å². The van der Waals surface area contributed by atoms with E-state index in [0.717, 1.165) is 4.57 Å². The molecule has 0 aliphatic carbocycles. The van der Waals surface area contributed by atoms with E-state index in [-0.39, 0.29) is 13.0 Å². The minimum Gasteiger partial charge on any atom is -0.481 e. The van der Waals surface area contributed by atoms with Crippen LogP contribution in [0.25, 0.3) is 0 Å². The standard InChI is InChI=1S/C9H13N3O5/c1-9(2,5(13)14)3-4-12-7(16)10-6(15)11-8(12)17/h3-4H2,1-2H3,(H,13,14)(H2,10,11,15,16,17). The third-order valence-corrected chi connectivity index (χ3v) is 2.47. The van der Waals surface area contributed by atoms with Gasteiger partial charge in [-0.3, -0.25) is 14.8 Å². The van der Waals surface area contributed by atoms with Crippen LogP contribution < -0.4 is 17.1 Å². The van der Waals surface area contributed by atoms with Crippen molar-refractivity contribution in [3.05, 3.63) is 31.5 Å². The maximum absolute atomic E-state index is 11.3. The highest BCUT2D eigenvalue weighted by Crippen LogP contribution is 2.20. The van der Waals surface area contributed by atoms with Crippen LogP contribution in [0.4, 0.5) is 0 Å². The summed E-state index contributed by atoms with van der Waals surface area (Å²) in [6.45, 7) is 2.89. The highest BCUT2D eigenvalue weighted by atomic mass is 16.4. The maximum Gasteiger partial charge on any atom is 0.333 e.